The lowest BCUT2D eigenvalue weighted by molar-refractivity contribution is -0.325. The lowest BCUT2D eigenvalue weighted by Gasteiger charge is -2.48. The van der Waals surface area contributed by atoms with Gasteiger partial charge in [0, 0.05) is 4.90 Å². The maximum Gasteiger partial charge on any atom is 0.338 e. The van der Waals surface area contributed by atoms with Crippen LogP contribution < -0.4 is 0 Å². The van der Waals surface area contributed by atoms with Gasteiger partial charge in [-0.25, -0.2) is 24.0 Å². The largest absolute Gasteiger partial charge is 0.459 e. The molecule has 0 N–H and O–H groups in total. The molecular weight excluding hydrogens is 957 g/mol. The van der Waals surface area contributed by atoms with Crippen LogP contribution in [0.2, 0.25) is 0 Å². The molecule has 0 unspecified atom stereocenters. The number of aryl methyl sites for hydroxylation is 1. The van der Waals surface area contributed by atoms with E-state index in [1.807, 2.05) is 31.2 Å². The fraction of sp³-hybridized carbons (Fsp3) is 0.281. The highest BCUT2D eigenvalue weighted by molar-refractivity contribution is 7.99. The predicted molar refractivity (Wildman–Crippen MR) is 263 cm³/mol. The van der Waals surface area contributed by atoms with Crippen molar-refractivity contribution in [3.8, 4) is 0 Å². The molecule has 0 bridgehead atoms. The van der Waals surface area contributed by atoms with Crippen molar-refractivity contribution in [2.75, 3.05) is 13.2 Å². The van der Waals surface area contributed by atoms with E-state index in [1.165, 1.54) is 11.8 Å². The first-order chi connectivity index (χ1) is 35.4. The molecule has 10 atom stereocenters. The minimum atomic E-state index is -1.66. The summed E-state index contributed by atoms with van der Waals surface area (Å²) in [6, 6.07) is 48.9. The zero-order chi connectivity index (χ0) is 50.9. The SMILES string of the molecule is Cc1ccc(S[C@@H]2O[C@H](COC(=O)c3ccccc3)[C@@H](O[C@@H]3O[C@H](COC(=O)c4ccccc4)[C@@H]4OC(C)(C)O[C@@H]4[C@H]3OC(=O)c3ccccc3)[C@H](OC(=O)c3ccccc3)[C@H]2OC(=O)c2ccccc2)cc1. The number of hydrogen-bond donors (Lipinski definition) is 0. The van der Waals surface area contributed by atoms with Gasteiger partial charge in [-0.3, -0.25) is 0 Å². The second kappa shape index (κ2) is 23.1. The topological polar surface area (TPSA) is 178 Å². The molecule has 3 aliphatic rings. The number of ether oxygens (including phenoxy) is 10. The van der Waals surface area contributed by atoms with Gasteiger partial charge in [0.15, 0.2) is 30.4 Å². The van der Waals surface area contributed by atoms with E-state index in [-0.39, 0.29) is 34.4 Å². The van der Waals surface area contributed by atoms with Gasteiger partial charge in [-0.15, -0.1) is 0 Å². The number of hydrogen-bond acceptors (Lipinski definition) is 16. The number of carbonyl (C=O) groups is 5. The smallest absolute Gasteiger partial charge is 0.338 e. The first-order valence-corrected chi connectivity index (χ1v) is 24.5. The van der Waals surface area contributed by atoms with Gasteiger partial charge in [0.05, 0.1) is 27.8 Å². The maximum atomic E-state index is 14.5. The van der Waals surface area contributed by atoms with Crippen molar-refractivity contribution in [1.82, 2.24) is 0 Å². The Bertz CT molecular complexity index is 2820. The monoisotopic (exact) mass is 1010 g/mol. The van der Waals surface area contributed by atoms with E-state index >= 15 is 0 Å². The molecule has 3 saturated heterocycles. The molecule has 3 fully saturated rings. The average molecular weight is 1010 g/mol. The molecule has 3 aliphatic heterocycles. The van der Waals surface area contributed by atoms with Gasteiger partial charge < -0.3 is 47.4 Å². The Morgan fingerprint density at radius 2 is 0.849 bits per heavy atom. The highest BCUT2D eigenvalue weighted by Gasteiger charge is 2.60. The van der Waals surface area contributed by atoms with Crippen molar-refractivity contribution in [1.29, 1.82) is 0 Å². The second-order valence-corrected chi connectivity index (χ2v) is 19.0. The van der Waals surface area contributed by atoms with Gasteiger partial charge in [-0.2, -0.15) is 0 Å². The average Bonchev–Trinajstić information content (AvgIpc) is 3.76. The van der Waals surface area contributed by atoms with Crippen molar-refractivity contribution in [3.05, 3.63) is 209 Å². The highest BCUT2D eigenvalue weighted by atomic mass is 32.2. The number of thioether (sulfide) groups is 1. The van der Waals surface area contributed by atoms with Crippen molar-refractivity contribution in [3.63, 3.8) is 0 Å². The summed E-state index contributed by atoms with van der Waals surface area (Å²) in [5.41, 5.74) is 0.901. The molecule has 16 heteroatoms. The summed E-state index contributed by atoms with van der Waals surface area (Å²) >= 11 is 1.18. The van der Waals surface area contributed by atoms with Crippen LogP contribution in [-0.2, 0) is 47.4 Å². The molecule has 9 rings (SSSR count). The molecular formula is C57H52O15S. The van der Waals surface area contributed by atoms with E-state index in [1.54, 1.807) is 166 Å². The van der Waals surface area contributed by atoms with Crippen LogP contribution in [0.3, 0.4) is 0 Å². The molecule has 0 saturated carbocycles. The molecule has 0 amide bonds. The first kappa shape index (κ1) is 50.7. The van der Waals surface area contributed by atoms with Gasteiger partial charge in [0.1, 0.15) is 49.2 Å². The lowest BCUT2D eigenvalue weighted by Crippen LogP contribution is -2.65. The summed E-state index contributed by atoms with van der Waals surface area (Å²) in [5, 5.41) is 0. The molecule has 376 valence electrons. The Morgan fingerprint density at radius 3 is 1.32 bits per heavy atom. The van der Waals surface area contributed by atoms with Crippen molar-refractivity contribution in [2.24, 2.45) is 0 Å². The third kappa shape index (κ3) is 12.5. The van der Waals surface area contributed by atoms with Crippen molar-refractivity contribution < 1.29 is 71.3 Å². The number of esters is 5. The first-order valence-electron chi connectivity index (χ1n) is 23.7. The van der Waals surface area contributed by atoms with Crippen LogP contribution in [-0.4, -0.2) is 109 Å². The van der Waals surface area contributed by atoms with Crippen LogP contribution in [0.1, 0.15) is 71.2 Å². The van der Waals surface area contributed by atoms with E-state index in [0.29, 0.717) is 4.90 Å². The molecule has 6 aromatic carbocycles. The Morgan fingerprint density at radius 1 is 0.452 bits per heavy atom. The number of fused-ring (bicyclic) bond motifs is 1. The molecule has 0 radical (unpaired) electrons. The minimum absolute atomic E-state index is 0.154. The van der Waals surface area contributed by atoms with Crippen LogP contribution in [0.25, 0.3) is 0 Å². The fourth-order valence-corrected chi connectivity index (χ4v) is 9.68. The molecule has 0 aliphatic carbocycles. The van der Waals surface area contributed by atoms with E-state index < -0.39 is 103 Å². The zero-order valence-electron chi connectivity index (χ0n) is 40.0. The van der Waals surface area contributed by atoms with E-state index in [0.717, 1.165) is 5.56 Å². The van der Waals surface area contributed by atoms with Crippen LogP contribution in [0.4, 0.5) is 0 Å². The van der Waals surface area contributed by atoms with Crippen molar-refractivity contribution >= 4 is 41.6 Å². The molecule has 73 heavy (non-hydrogen) atoms. The Kier molecular flexibility index (Phi) is 16.1. The molecule has 0 spiro atoms. The Hall–Kier alpha value is -7.18. The summed E-state index contributed by atoms with van der Waals surface area (Å²) in [7, 11) is 0. The van der Waals surface area contributed by atoms with Crippen molar-refractivity contribution in [2.45, 2.75) is 92.0 Å². The lowest BCUT2D eigenvalue weighted by atomic mass is 9.96. The third-order valence-electron chi connectivity index (χ3n) is 12.1. The summed E-state index contributed by atoms with van der Waals surface area (Å²) in [5.74, 6) is -5.00. The van der Waals surface area contributed by atoms with Gasteiger partial charge in [0.25, 0.3) is 0 Å². The van der Waals surface area contributed by atoms with Gasteiger partial charge in [-0.05, 0) is 93.6 Å². The van der Waals surface area contributed by atoms with Crippen LogP contribution in [0.5, 0.6) is 0 Å². The molecule has 6 aromatic rings. The summed E-state index contributed by atoms with van der Waals surface area (Å²) in [6.07, 6.45) is -12.3. The quantitative estimate of drug-likeness (QED) is 0.0663. The van der Waals surface area contributed by atoms with Gasteiger partial charge >= 0.3 is 29.8 Å². The van der Waals surface area contributed by atoms with Crippen LogP contribution >= 0.6 is 11.8 Å². The van der Waals surface area contributed by atoms with Gasteiger partial charge in [-0.1, -0.05) is 120 Å². The fourth-order valence-electron chi connectivity index (χ4n) is 8.57. The number of rotatable bonds is 16. The molecule has 3 heterocycles. The third-order valence-corrected chi connectivity index (χ3v) is 13.3. The van der Waals surface area contributed by atoms with Gasteiger partial charge in [0.2, 0.25) is 0 Å². The Labute approximate surface area is 425 Å². The second-order valence-electron chi connectivity index (χ2n) is 17.8. The highest BCUT2D eigenvalue weighted by Crippen LogP contribution is 2.43. The Balaban J connectivity index is 1.15. The van der Waals surface area contributed by atoms with Crippen LogP contribution in [0, 0.1) is 6.92 Å². The normalized spacial score (nSPS) is 25.0. The molecule has 0 aromatic heterocycles. The standard InChI is InChI=1S/C57H52O15S/c1-35-29-31-41(32-30-35)73-56-49(69-54(62)40-27-17-8-18-28-40)46(67-52(60)38-23-13-6-14-24-38)44(42(66-56)33-63-50(58)36-19-9-4-10-20-36)70-55-48(68-53(61)39-25-15-7-16-26-39)47-45(71-57(2,3)72-47)43(65-55)34-64-51(59)37-21-11-5-12-22-37/h4-32,42-49,55-56H,33-34H2,1-3H3/t42-,43-,44-,45+,46+,47+,48-,49-,55+,56+/m1/s1. The van der Waals surface area contributed by atoms with E-state index in [2.05, 4.69) is 0 Å². The minimum Gasteiger partial charge on any atom is -0.459 e. The summed E-state index contributed by atoms with van der Waals surface area (Å²) in [6.45, 7) is 4.40. The maximum absolute atomic E-state index is 14.5. The van der Waals surface area contributed by atoms with Crippen LogP contribution in [0.15, 0.2) is 181 Å². The summed E-state index contributed by atoms with van der Waals surface area (Å²) < 4.78 is 64.5. The molecule has 15 nitrogen and oxygen atoms in total. The van der Waals surface area contributed by atoms with E-state index in [9.17, 15) is 24.0 Å². The number of benzene rings is 6. The van der Waals surface area contributed by atoms with E-state index in [4.69, 9.17) is 47.4 Å². The summed E-state index contributed by atoms with van der Waals surface area (Å²) in [4.78, 5) is 70.7. The number of carbonyl (C=O) groups excluding carboxylic acids is 5. The zero-order valence-corrected chi connectivity index (χ0v) is 40.8. The predicted octanol–water partition coefficient (Wildman–Crippen LogP) is 8.83.